The summed E-state index contributed by atoms with van der Waals surface area (Å²) in [5.74, 6) is -1.70. The van der Waals surface area contributed by atoms with Gasteiger partial charge in [-0.15, -0.1) is 0 Å². The molecule has 0 aliphatic carbocycles. The van der Waals surface area contributed by atoms with Gasteiger partial charge in [0.05, 0.1) is 21.2 Å². The average Bonchev–Trinajstić information content (AvgIpc) is 2.50. The predicted octanol–water partition coefficient (Wildman–Crippen LogP) is 3.64. The summed E-state index contributed by atoms with van der Waals surface area (Å²) in [4.78, 5) is 12.1. The Balaban J connectivity index is 2.41. The summed E-state index contributed by atoms with van der Waals surface area (Å²) in [5.41, 5.74) is -0.233. The maximum Gasteiger partial charge on any atom is 0.258 e. The summed E-state index contributed by atoms with van der Waals surface area (Å²) >= 11 is 11.8. The fraction of sp³-hybridized carbons (Fsp3) is 0.133. The predicted molar refractivity (Wildman–Crippen MR) is 91.7 cm³/mol. The van der Waals surface area contributed by atoms with E-state index in [9.17, 15) is 17.6 Å². The Hall–Kier alpha value is -1.67. The number of carbonyl (C=O) groups is 1. The van der Waals surface area contributed by atoms with E-state index < -0.39 is 27.3 Å². The third-order valence-electron chi connectivity index (χ3n) is 3.14. The highest BCUT2D eigenvalue weighted by atomic mass is 35.5. The van der Waals surface area contributed by atoms with Crippen molar-refractivity contribution in [3.05, 3.63) is 57.8 Å². The van der Waals surface area contributed by atoms with E-state index in [2.05, 4.69) is 5.32 Å². The largest absolute Gasteiger partial charge is 0.320 e. The molecule has 0 saturated carbocycles. The molecule has 0 atom stereocenters. The minimum Gasteiger partial charge on any atom is -0.320 e. The number of anilines is 1. The van der Waals surface area contributed by atoms with E-state index in [1.165, 1.54) is 32.3 Å². The second-order valence-corrected chi connectivity index (χ2v) is 8.00. The molecule has 9 heteroatoms. The van der Waals surface area contributed by atoms with E-state index in [4.69, 9.17) is 23.2 Å². The molecule has 2 aromatic rings. The first-order valence-electron chi connectivity index (χ1n) is 6.61. The second-order valence-electron chi connectivity index (χ2n) is 5.01. The Kier molecular flexibility index (Phi) is 5.49. The molecule has 0 bridgehead atoms. The van der Waals surface area contributed by atoms with Crippen molar-refractivity contribution >= 4 is 44.8 Å². The van der Waals surface area contributed by atoms with Gasteiger partial charge in [0.15, 0.2) is 0 Å². The summed E-state index contributed by atoms with van der Waals surface area (Å²) in [6, 6.07) is 7.39. The highest BCUT2D eigenvalue weighted by Gasteiger charge is 2.21. The summed E-state index contributed by atoms with van der Waals surface area (Å²) in [7, 11) is -1.12. The van der Waals surface area contributed by atoms with Crippen LogP contribution in [0.3, 0.4) is 0 Å². The Bertz CT molecular complexity index is 902. The minimum atomic E-state index is -3.80. The molecule has 1 amide bonds. The number of hydrogen-bond donors (Lipinski definition) is 1. The van der Waals surface area contributed by atoms with Gasteiger partial charge in [-0.25, -0.2) is 17.1 Å². The molecule has 0 fully saturated rings. The summed E-state index contributed by atoms with van der Waals surface area (Å²) in [6.45, 7) is 0. The molecular formula is C15H13Cl2FN2O3S. The normalized spacial score (nSPS) is 11.6. The SMILES string of the molecule is CN(C)S(=O)(=O)c1ccc(F)c(C(=O)Nc2cc(Cl)ccc2Cl)c1. The van der Waals surface area contributed by atoms with Gasteiger partial charge in [0.25, 0.3) is 5.91 Å². The van der Waals surface area contributed by atoms with Crippen molar-refractivity contribution in [1.82, 2.24) is 4.31 Å². The van der Waals surface area contributed by atoms with Gasteiger partial charge in [-0.1, -0.05) is 23.2 Å². The maximum atomic E-state index is 14.0. The van der Waals surface area contributed by atoms with Gasteiger partial charge in [-0.2, -0.15) is 0 Å². The van der Waals surface area contributed by atoms with Gasteiger partial charge in [0.2, 0.25) is 10.0 Å². The van der Waals surface area contributed by atoms with E-state index in [0.717, 1.165) is 22.5 Å². The van der Waals surface area contributed by atoms with Crippen LogP contribution in [0.2, 0.25) is 10.0 Å². The van der Waals surface area contributed by atoms with Crippen molar-refractivity contribution in [3.8, 4) is 0 Å². The first-order valence-corrected chi connectivity index (χ1v) is 8.81. The number of rotatable bonds is 4. The molecule has 2 rings (SSSR count). The highest BCUT2D eigenvalue weighted by molar-refractivity contribution is 7.89. The zero-order chi connectivity index (χ0) is 18.1. The lowest BCUT2D eigenvalue weighted by Gasteiger charge is -2.13. The van der Waals surface area contributed by atoms with Gasteiger partial charge >= 0.3 is 0 Å². The molecule has 1 N–H and O–H groups in total. The fourth-order valence-corrected chi connectivity index (χ4v) is 3.10. The van der Waals surface area contributed by atoms with Crippen LogP contribution in [0.1, 0.15) is 10.4 Å². The molecule has 0 saturated heterocycles. The molecule has 5 nitrogen and oxygen atoms in total. The van der Waals surface area contributed by atoms with E-state index in [1.807, 2.05) is 0 Å². The third-order valence-corrected chi connectivity index (χ3v) is 5.51. The van der Waals surface area contributed by atoms with E-state index >= 15 is 0 Å². The number of sulfonamides is 1. The lowest BCUT2D eigenvalue weighted by molar-refractivity contribution is 0.102. The topological polar surface area (TPSA) is 66.5 Å². The Morgan fingerprint density at radius 2 is 1.79 bits per heavy atom. The van der Waals surface area contributed by atoms with Crippen LogP contribution in [0, 0.1) is 5.82 Å². The number of halogens is 3. The van der Waals surface area contributed by atoms with Crippen molar-refractivity contribution < 1.29 is 17.6 Å². The van der Waals surface area contributed by atoms with Crippen LogP contribution in [-0.2, 0) is 10.0 Å². The molecule has 24 heavy (non-hydrogen) atoms. The zero-order valence-corrected chi connectivity index (χ0v) is 15.0. The molecule has 0 aliphatic heterocycles. The second kappa shape index (κ2) is 7.06. The first-order chi connectivity index (χ1) is 11.1. The fourth-order valence-electron chi connectivity index (χ4n) is 1.83. The number of nitrogens with zero attached hydrogens (tertiary/aromatic N) is 1. The molecule has 0 aromatic heterocycles. The molecule has 128 valence electrons. The van der Waals surface area contributed by atoms with Crippen molar-refractivity contribution in [2.24, 2.45) is 0 Å². The molecule has 0 heterocycles. The number of carbonyl (C=O) groups excluding carboxylic acids is 1. The van der Waals surface area contributed by atoms with Crippen molar-refractivity contribution in [3.63, 3.8) is 0 Å². The average molecular weight is 391 g/mol. The third kappa shape index (κ3) is 3.87. The molecule has 0 radical (unpaired) electrons. The summed E-state index contributed by atoms with van der Waals surface area (Å²) in [6.07, 6.45) is 0. The number of amides is 1. The molecule has 0 spiro atoms. The van der Waals surface area contributed by atoms with Gasteiger partial charge < -0.3 is 5.32 Å². The molecule has 0 unspecified atom stereocenters. The standard InChI is InChI=1S/C15H13Cl2FN2O3S/c1-20(2)24(22,23)10-4-6-13(18)11(8-10)15(21)19-14-7-9(16)3-5-12(14)17/h3-8H,1-2H3,(H,19,21). The van der Waals surface area contributed by atoms with Crippen LogP contribution >= 0.6 is 23.2 Å². The van der Waals surface area contributed by atoms with Gasteiger partial charge in [0, 0.05) is 19.1 Å². The van der Waals surface area contributed by atoms with Gasteiger partial charge in [-0.3, -0.25) is 4.79 Å². The van der Waals surface area contributed by atoms with E-state index in [1.54, 1.807) is 0 Å². The smallest absolute Gasteiger partial charge is 0.258 e. The summed E-state index contributed by atoms with van der Waals surface area (Å²) in [5, 5.41) is 2.96. The Morgan fingerprint density at radius 3 is 2.42 bits per heavy atom. The first kappa shape index (κ1) is 18.7. The van der Waals surface area contributed by atoms with Gasteiger partial charge in [-0.05, 0) is 36.4 Å². The van der Waals surface area contributed by atoms with Crippen LogP contribution in [0.4, 0.5) is 10.1 Å². The van der Waals surface area contributed by atoms with Crippen LogP contribution in [0.15, 0.2) is 41.3 Å². The van der Waals surface area contributed by atoms with Crippen LogP contribution in [0.25, 0.3) is 0 Å². The highest BCUT2D eigenvalue weighted by Crippen LogP contribution is 2.26. The van der Waals surface area contributed by atoms with Crippen molar-refractivity contribution in [2.45, 2.75) is 4.90 Å². The van der Waals surface area contributed by atoms with Crippen LogP contribution in [0.5, 0.6) is 0 Å². The minimum absolute atomic E-state index is 0.189. The van der Waals surface area contributed by atoms with Crippen LogP contribution < -0.4 is 5.32 Å². The summed E-state index contributed by atoms with van der Waals surface area (Å²) < 4.78 is 39.1. The quantitative estimate of drug-likeness (QED) is 0.866. The molecule has 2 aromatic carbocycles. The zero-order valence-electron chi connectivity index (χ0n) is 12.7. The van der Waals surface area contributed by atoms with E-state index in [0.29, 0.717) is 5.02 Å². The lowest BCUT2D eigenvalue weighted by Crippen LogP contribution is -2.23. The Morgan fingerprint density at radius 1 is 1.12 bits per heavy atom. The number of nitrogens with one attached hydrogen (secondary N) is 1. The lowest BCUT2D eigenvalue weighted by atomic mass is 10.2. The van der Waals surface area contributed by atoms with Gasteiger partial charge in [0.1, 0.15) is 5.82 Å². The molecule has 0 aliphatic rings. The van der Waals surface area contributed by atoms with Crippen LogP contribution in [-0.4, -0.2) is 32.7 Å². The van der Waals surface area contributed by atoms with Crippen molar-refractivity contribution in [1.29, 1.82) is 0 Å². The number of hydrogen-bond acceptors (Lipinski definition) is 3. The Labute approximate surface area is 149 Å². The monoisotopic (exact) mass is 390 g/mol. The maximum absolute atomic E-state index is 14.0. The van der Waals surface area contributed by atoms with Crippen molar-refractivity contribution in [2.75, 3.05) is 19.4 Å². The van der Waals surface area contributed by atoms with E-state index in [-0.39, 0.29) is 15.6 Å². The number of benzene rings is 2. The molecular weight excluding hydrogens is 378 g/mol.